The highest BCUT2D eigenvalue weighted by Crippen LogP contribution is 2.21. The van der Waals surface area contributed by atoms with Crippen LogP contribution in [0.4, 0.5) is 0 Å². The van der Waals surface area contributed by atoms with Crippen LogP contribution in [0.3, 0.4) is 0 Å². The molecule has 2 heterocycles. The van der Waals surface area contributed by atoms with Crippen LogP contribution >= 0.6 is 0 Å². The summed E-state index contributed by atoms with van der Waals surface area (Å²) in [5, 5.41) is 10.9. The van der Waals surface area contributed by atoms with Crippen LogP contribution in [-0.4, -0.2) is 35.8 Å². The molecule has 0 fully saturated rings. The molecule has 2 aromatic rings. The van der Waals surface area contributed by atoms with Gasteiger partial charge in [-0.3, -0.25) is 14.5 Å². The predicted octanol–water partition coefficient (Wildman–Crippen LogP) is 0.773. The average molecular weight is 312 g/mol. The Hall–Kier alpha value is -3.22. The zero-order chi connectivity index (χ0) is 16.4. The third-order valence-corrected chi connectivity index (χ3v) is 3.46. The minimum Gasteiger partial charge on any atom is -0.619 e. The Morgan fingerprint density at radius 2 is 1.61 bits per heavy atom. The third kappa shape index (κ3) is 2.76. The number of pyridine rings is 1. The number of carbonyl (C=O) groups excluding carboxylic acids is 3. The lowest BCUT2D eigenvalue weighted by atomic mass is 10.1. The maximum absolute atomic E-state index is 12.1. The van der Waals surface area contributed by atoms with Crippen LogP contribution in [0.25, 0.3) is 0 Å². The number of nitrogens with zero attached hydrogens (tertiary/aromatic N) is 2. The van der Waals surface area contributed by atoms with Crippen molar-refractivity contribution < 1.29 is 23.9 Å². The molecule has 0 unspecified atom stereocenters. The molecule has 0 saturated heterocycles. The first-order valence-electron chi connectivity index (χ1n) is 6.89. The molecule has 23 heavy (non-hydrogen) atoms. The second-order valence-corrected chi connectivity index (χ2v) is 4.89. The zero-order valence-corrected chi connectivity index (χ0v) is 12.0. The number of ether oxygens (including phenoxy) is 1. The van der Waals surface area contributed by atoms with E-state index in [-0.39, 0.29) is 18.7 Å². The Balaban J connectivity index is 1.60. The van der Waals surface area contributed by atoms with Crippen molar-refractivity contribution >= 4 is 17.8 Å². The van der Waals surface area contributed by atoms with Gasteiger partial charge in [0.25, 0.3) is 11.8 Å². The summed E-state index contributed by atoms with van der Waals surface area (Å²) in [6.45, 7) is -0.136. The van der Waals surface area contributed by atoms with Crippen molar-refractivity contribution in [3.05, 3.63) is 70.7 Å². The highest BCUT2D eigenvalue weighted by molar-refractivity contribution is 6.21. The van der Waals surface area contributed by atoms with E-state index in [1.807, 2.05) is 0 Å². The van der Waals surface area contributed by atoms with Crippen molar-refractivity contribution in [3.63, 3.8) is 0 Å². The molecule has 1 aliphatic heterocycles. The molecular formula is C16H12N2O5. The lowest BCUT2D eigenvalue weighted by Gasteiger charge is -2.13. The zero-order valence-electron chi connectivity index (χ0n) is 12.0. The van der Waals surface area contributed by atoms with E-state index in [1.165, 1.54) is 24.5 Å². The Morgan fingerprint density at radius 1 is 1.04 bits per heavy atom. The van der Waals surface area contributed by atoms with Crippen molar-refractivity contribution in [1.82, 2.24) is 4.90 Å². The van der Waals surface area contributed by atoms with Gasteiger partial charge in [0.1, 0.15) is 6.61 Å². The van der Waals surface area contributed by atoms with Gasteiger partial charge < -0.3 is 9.94 Å². The average Bonchev–Trinajstić information content (AvgIpc) is 2.81. The van der Waals surface area contributed by atoms with Gasteiger partial charge >= 0.3 is 5.97 Å². The monoisotopic (exact) mass is 312 g/mol. The summed E-state index contributed by atoms with van der Waals surface area (Å²) >= 11 is 0. The number of benzene rings is 1. The lowest BCUT2D eigenvalue weighted by molar-refractivity contribution is -0.605. The van der Waals surface area contributed by atoms with Crippen LogP contribution in [0, 0.1) is 5.21 Å². The van der Waals surface area contributed by atoms with Gasteiger partial charge in [-0.25, -0.2) is 4.79 Å². The second kappa shape index (κ2) is 5.88. The minimum atomic E-state index is -0.623. The largest absolute Gasteiger partial charge is 0.619 e. The highest BCUT2D eigenvalue weighted by atomic mass is 16.5. The molecule has 0 aliphatic carbocycles. The Kier molecular flexibility index (Phi) is 3.76. The van der Waals surface area contributed by atoms with Gasteiger partial charge in [0, 0.05) is 12.1 Å². The van der Waals surface area contributed by atoms with Crippen molar-refractivity contribution in [2.24, 2.45) is 0 Å². The fraction of sp³-hybridized carbons (Fsp3) is 0.125. The van der Waals surface area contributed by atoms with E-state index in [1.54, 1.807) is 24.3 Å². The molecular weight excluding hydrogens is 300 g/mol. The number of hydrogen-bond donors (Lipinski definition) is 0. The molecule has 0 saturated carbocycles. The van der Waals surface area contributed by atoms with E-state index in [2.05, 4.69) is 0 Å². The van der Waals surface area contributed by atoms with Crippen molar-refractivity contribution in [1.29, 1.82) is 0 Å². The fourth-order valence-corrected chi connectivity index (χ4v) is 2.30. The first-order valence-corrected chi connectivity index (χ1v) is 6.89. The van der Waals surface area contributed by atoms with Gasteiger partial charge in [-0.05, 0) is 12.1 Å². The smallest absolute Gasteiger partial charge is 0.338 e. The van der Waals surface area contributed by atoms with Crippen LogP contribution in [0.2, 0.25) is 0 Å². The van der Waals surface area contributed by atoms with E-state index in [0.29, 0.717) is 15.9 Å². The van der Waals surface area contributed by atoms with Gasteiger partial charge in [0.15, 0.2) is 12.4 Å². The summed E-state index contributed by atoms with van der Waals surface area (Å²) in [5.74, 6) is -1.41. The number of amides is 2. The van der Waals surface area contributed by atoms with E-state index in [0.717, 1.165) is 4.90 Å². The van der Waals surface area contributed by atoms with Crippen LogP contribution in [0.5, 0.6) is 0 Å². The van der Waals surface area contributed by atoms with Crippen molar-refractivity contribution in [3.8, 4) is 0 Å². The molecule has 0 atom stereocenters. The Morgan fingerprint density at radius 3 is 2.17 bits per heavy atom. The van der Waals surface area contributed by atoms with Crippen LogP contribution in [0.1, 0.15) is 31.1 Å². The number of hydrogen-bond acceptors (Lipinski definition) is 5. The molecule has 7 heteroatoms. The summed E-state index contributed by atoms with van der Waals surface area (Å²) in [7, 11) is 0. The Bertz CT molecular complexity index is 750. The van der Waals surface area contributed by atoms with E-state index < -0.39 is 17.8 Å². The summed E-state index contributed by atoms with van der Waals surface area (Å²) in [4.78, 5) is 37.1. The number of carbonyl (C=O) groups is 3. The first-order chi connectivity index (χ1) is 11.1. The predicted molar refractivity (Wildman–Crippen MR) is 77.5 cm³/mol. The van der Waals surface area contributed by atoms with Gasteiger partial charge in [-0.15, -0.1) is 0 Å². The number of fused-ring (bicyclic) bond motifs is 1. The number of imide groups is 1. The van der Waals surface area contributed by atoms with E-state index in [9.17, 15) is 19.6 Å². The molecule has 116 valence electrons. The summed E-state index contributed by atoms with van der Waals surface area (Å²) in [6.07, 6.45) is 2.36. The normalized spacial score (nSPS) is 13.1. The van der Waals surface area contributed by atoms with Crippen LogP contribution in [-0.2, 0) is 4.74 Å². The maximum Gasteiger partial charge on any atom is 0.338 e. The van der Waals surface area contributed by atoms with Gasteiger partial charge in [0.2, 0.25) is 0 Å². The third-order valence-electron chi connectivity index (χ3n) is 3.46. The molecule has 0 bridgehead atoms. The fourth-order valence-electron chi connectivity index (χ4n) is 2.30. The first kappa shape index (κ1) is 14.7. The highest BCUT2D eigenvalue weighted by Gasteiger charge is 2.34. The summed E-state index contributed by atoms with van der Waals surface area (Å²) in [5.41, 5.74) is 0.929. The molecule has 2 amide bonds. The Labute approximate surface area is 131 Å². The van der Waals surface area contributed by atoms with E-state index >= 15 is 0 Å². The molecule has 1 aromatic heterocycles. The number of rotatable bonds is 4. The SMILES string of the molecule is O=C(OCCN1C(=O)c2ccccc2C1=O)c1cc[n+]([O-])cc1. The molecule has 1 aliphatic rings. The number of aromatic nitrogens is 1. The molecule has 3 rings (SSSR count). The molecule has 1 aromatic carbocycles. The van der Waals surface area contributed by atoms with Crippen LogP contribution in [0.15, 0.2) is 48.8 Å². The van der Waals surface area contributed by atoms with E-state index in [4.69, 9.17) is 4.74 Å². The minimum absolute atomic E-state index is 0.0214. The number of esters is 1. The lowest BCUT2D eigenvalue weighted by Crippen LogP contribution is -2.33. The second-order valence-electron chi connectivity index (χ2n) is 4.89. The van der Waals surface area contributed by atoms with Crippen molar-refractivity contribution in [2.45, 2.75) is 0 Å². The van der Waals surface area contributed by atoms with Gasteiger partial charge in [0.05, 0.1) is 23.2 Å². The molecule has 0 spiro atoms. The maximum atomic E-state index is 12.1. The van der Waals surface area contributed by atoms with Crippen molar-refractivity contribution in [2.75, 3.05) is 13.2 Å². The summed E-state index contributed by atoms with van der Waals surface area (Å²) in [6, 6.07) is 9.21. The van der Waals surface area contributed by atoms with Gasteiger partial charge in [-0.2, -0.15) is 4.73 Å². The standard InChI is InChI=1S/C16H12N2O5/c19-14-12-3-1-2-4-13(12)15(20)18(14)9-10-23-16(21)11-5-7-17(22)8-6-11/h1-8H,9-10H2. The topological polar surface area (TPSA) is 90.6 Å². The summed E-state index contributed by atoms with van der Waals surface area (Å²) < 4.78 is 5.58. The molecule has 0 N–H and O–H groups in total. The molecule has 7 nitrogen and oxygen atoms in total. The quantitative estimate of drug-likeness (QED) is 0.360. The van der Waals surface area contributed by atoms with Crippen LogP contribution < -0.4 is 4.73 Å². The molecule has 0 radical (unpaired) electrons. The van der Waals surface area contributed by atoms with Gasteiger partial charge in [-0.1, -0.05) is 12.1 Å².